The average molecular weight is 324 g/mol. The predicted molar refractivity (Wildman–Crippen MR) is 74.6 cm³/mol. The molecule has 17 heavy (non-hydrogen) atoms. The molecular formula is C11H23CoNO2S2. The van der Waals surface area contributed by atoms with Crippen molar-refractivity contribution in [1.29, 1.82) is 0 Å². The summed E-state index contributed by atoms with van der Waals surface area (Å²) < 4.78 is 12.5. The Hall–Kier alpha value is 0.506. The normalized spacial score (nSPS) is 12.4. The van der Waals surface area contributed by atoms with Gasteiger partial charge in [0, 0.05) is 0 Å². The van der Waals surface area contributed by atoms with E-state index in [0.717, 1.165) is 23.2 Å². The zero-order chi connectivity index (χ0) is 13.5. The van der Waals surface area contributed by atoms with Crippen molar-refractivity contribution in [3.05, 3.63) is 0 Å². The average Bonchev–Trinajstić information content (AvgIpc) is 2.28. The Morgan fingerprint density at radius 3 is 2.35 bits per heavy atom. The Morgan fingerprint density at radius 2 is 1.94 bits per heavy atom. The number of thiocarbonyl (C=S) groups is 1. The van der Waals surface area contributed by atoms with Crippen LogP contribution in [0.15, 0.2) is 0 Å². The second-order valence-electron chi connectivity index (χ2n) is 4.06. The third kappa shape index (κ3) is 6.29. The molecule has 0 radical (unpaired) electrons. The molecule has 0 aromatic heterocycles. The molecule has 6 heteroatoms. The van der Waals surface area contributed by atoms with Gasteiger partial charge in [0.15, 0.2) is 0 Å². The Bertz CT molecular complexity index is 268. The molecule has 0 aliphatic rings. The van der Waals surface area contributed by atoms with Gasteiger partial charge in [0.05, 0.1) is 0 Å². The Morgan fingerprint density at radius 1 is 1.41 bits per heavy atom. The van der Waals surface area contributed by atoms with Crippen molar-refractivity contribution in [1.82, 2.24) is 4.90 Å². The molecule has 0 unspecified atom stereocenters. The van der Waals surface area contributed by atoms with E-state index in [1.165, 1.54) is 0 Å². The quantitative estimate of drug-likeness (QED) is 0.729. The van der Waals surface area contributed by atoms with Crippen LogP contribution in [-0.4, -0.2) is 39.8 Å². The van der Waals surface area contributed by atoms with E-state index in [1.54, 1.807) is 11.8 Å². The van der Waals surface area contributed by atoms with E-state index in [4.69, 9.17) is 17.3 Å². The first-order valence-corrected chi connectivity index (χ1v) is 8.75. The van der Waals surface area contributed by atoms with Crippen LogP contribution in [0.5, 0.6) is 0 Å². The molecule has 0 aliphatic heterocycles. The molecular weight excluding hydrogens is 301 g/mol. The van der Waals surface area contributed by atoms with Crippen LogP contribution >= 0.6 is 24.0 Å². The van der Waals surface area contributed by atoms with Crippen LogP contribution in [0.1, 0.15) is 27.7 Å². The van der Waals surface area contributed by atoms with Crippen molar-refractivity contribution in [3.8, 4) is 0 Å². The van der Waals surface area contributed by atoms with Crippen LogP contribution in [-0.2, 0) is 17.5 Å². The summed E-state index contributed by atoms with van der Waals surface area (Å²) in [5, 5.41) is 9.19. The monoisotopic (exact) mass is 324 g/mol. The van der Waals surface area contributed by atoms with Crippen LogP contribution < -0.4 is 0 Å². The van der Waals surface area contributed by atoms with Crippen LogP contribution in [0.3, 0.4) is 0 Å². The van der Waals surface area contributed by atoms with Gasteiger partial charge in [-0.25, -0.2) is 0 Å². The summed E-state index contributed by atoms with van der Waals surface area (Å²) in [6, 6.07) is 0. The van der Waals surface area contributed by atoms with Gasteiger partial charge in [0.1, 0.15) is 0 Å². The van der Waals surface area contributed by atoms with Gasteiger partial charge in [0.25, 0.3) is 0 Å². The zero-order valence-electron chi connectivity index (χ0n) is 11.0. The van der Waals surface area contributed by atoms with Crippen LogP contribution in [0, 0.1) is 0 Å². The second kappa shape index (κ2) is 8.58. The van der Waals surface area contributed by atoms with Gasteiger partial charge in [-0.3, -0.25) is 0 Å². The standard InChI is InChI=1S/C9H18NS2.C2H5O.Co.O/c1-5-10(6-2)9(11)12-7-8(3)4;1-2-3;;/h5-7H2,1-4H3;3H,1-2H2;;. The zero-order valence-corrected chi connectivity index (χ0v) is 13.7. The van der Waals surface area contributed by atoms with Crippen molar-refractivity contribution >= 4 is 28.3 Å². The summed E-state index contributed by atoms with van der Waals surface area (Å²) in [4.78, 5) is 2.12. The molecule has 0 spiro atoms. The molecule has 3 nitrogen and oxygen atoms in total. The van der Waals surface area contributed by atoms with E-state index >= 15 is 0 Å². The molecule has 0 rings (SSSR count). The van der Waals surface area contributed by atoms with Crippen molar-refractivity contribution in [2.24, 2.45) is 0 Å². The van der Waals surface area contributed by atoms with Crippen molar-refractivity contribution in [3.63, 3.8) is 0 Å². The summed E-state index contributed by atoms with van der Waals surface area (Å²) in [5.41, 5.74) is 0. The summed E-state index contributed by atoms with van der Waals surface area (Å²) in [5.74, 6) is 0.733. The SMILES string of the molecule is CCN(CC)C(=S)SC[C](C)(C)[Co](=[O])[CH2]CO. The first kappa shape index (κ1) is 17.5. The van der Waals surface area contributed by atoms with E-state index in [2.05, 4.69) is 18.7 Å². The van der Waals surface area contributed by atoms with E-state index < -0.39 is 13.6 Å². The van der Waals surface area contributed by atoms with Crippen LogP contribution in [0.4, 0.5) is 0 Å². The third-order valence-electron chi connectivity index (χ3n) is 2.28. The number of hydrogen-bond acceptors (Lipinski definition) is 4. The number of thioether (sulfide) groups is 1. The fourth-order valence-electron chi connectivity index (χ4n) is 1.15. The molecule has 0 aromatic carbocycles. The molecule has 0 aliphatic carbocycles. The van der Waals surface area contributed by atoms with Gasteiger partial charge in [-0.15, -0.1) is 0 Å². The molecule has 0 fully saturated rings. The molecule has 0 atom stereocenters. The fourth-order valence-corrected chi connectivity index (χ4v) is 4.24. The number of aliphatic hydroxyl groups is 1. The van der Waals surface area contributed by atoms with E-state index in [9.17, 15) is 3.87 Å². The Labute approximate surface area is 118 Å². The van der Waals surface area contributed by atoms with E-state index in [0.29, 0.717) is 5.36 Å². The van der Waals surface area contributed by atoms with Crippen molar-refractivity contribution in [2.45, 2.75) is 37.4 Å². The number of aliphatic hydroxyl groups excluding tert-OH is 1. The number of hydrogen-bond donors (Lipinski definition) is 1. The molecule has 0 heterocycles. The van der Waals surface area contributed by atoms with E-state index in [-0.39, 0.29) is 11.0 Å². The first-order chi connectivity index (χ1) is 7.88. The van der Waals surface area contributed by atoms with Gasteiger partial charge in [-0.1, -0.05) is 0 Å². The summed E-state index contributed by atoms with van der Waals surface area (Å²) >= 11 is 5.57. The minimum absolute atomic E-state index is 0.0112. The molecule has 105 valence electrons. The summed E-state index contributed by atoms with van der Waals surface area (Å²) in [6.45, 7) is 9.90. The molecule has 0 amide bonds. The van der Waals surface area contributed by atoms with Crippen LogP contribution in [0.2, 0.25) is 9.70 Å². The summed E-state index contributed by atoms with van der Waals surface area (Å²) in [6.07, 6.45) is 0. The first-order valence-electron chi connectivity index (χ1n) is 5.68. The number of rotatable bonds is 7. The molecule has 1 N–H and O–H groups in total. The molecule has 0 aromatic rings. The van der Waals surface area contributed by atoms with E-state index in [1.807, 2.05) is 13.8 Å². The Kier molecular flexibility index (Phi) is 8.84. The van der Waals surface area contributed by atoms with Gasteiger partial charge >= 0.3 is 119 Å². The van der Waals surface area contributed by atoms with Gasteiger partial charge in [0.2, 0.25) is 0 Å². The maximum atomic E-state index is 11.9. The minimum atomic E-state index is -1.36. The fraction of sp³-hybridized carbons (Fsp3) is 0.909. The predicted octanol–water partition coefficient (Wildman–Crippen LogP) is 2.92. The van der Waals surface area contributed by atoms with Gasteiger partial charge in [-0.2, -0.15) is 0 Å². The second-order valence-corrected chi connectivity index (χ2v) is 8.48. The summed E-state index contributed by atoms with van der Waals surface area (Å²) in [7, 11) is 0. The van der Waals surface area contributed by atoms with Gasteiger partial charge in [-0.05, 0) is 0 Å². The Balaban J connectivity index is 4.26. The molecule has 0 saturated heterocycles. The van der Waals surface area contributed by atoms with Crippen molar-refractivity contribution in [2.75, 3.05) is 25.4 Å². The van der Waals surface area contributed by atoms with Crippen molar-refractivity contribution < 1.29 is 22.6 Å². The molecule has 0 saturated carbocycles. The van der Waals surface area contributed by atoms with Crippen LogP contribution in [0.25, 0.3) is 0 Å². The topological polar surface area (TPSA) is 40.5 Å². The van der Waals surface area contributed by atoms with Gasteiger partial charge < -0.3 is 0 Å². The number of nitrogens with zero attached hydrogens (tertiary/aromatic N) is 1. The maximum absolute atomic E-state index is 11.9. The third-order valence-corrected chi connectivity index (χ3v) is 6.95. The molecule has 0 bridgehead atoms.